The minimum absolute atomic E-state index is 0.357. The molecule has 1 atom stereocenters. The lowest BCUT2D eigenvalue weighted by atomic mass is 10.1. The van der Waals surface area contributed by atoms with E-state index in [9.17, 15) is 24.2 Å². The molecule has 0 aliphatic heterocycles. The summed E-state index contributed by atoms with van der Waals surface area (Å²) >= 11 is 0. The molecule has 0 heterocycles. The number of rotatable bonds is 11. The van der Waals surface area contributed by atoms with Crippen LogP contribution >= 0.6 is 0 Å². The van der Waals surface area contributed by atoms with Crippen molar-refractivity contribution in [3.63, 3.8) is 0 Å². The van der Waals surface area contributed by atoms with Crippen LogP contribution in [0.1, 0.15) is 65.7 Å². The first kappa shape index (κ1) is 27.5. The van der Waals surface area contributed by atoms with E-state index in [0.717, 1.165) is 29.2 Å². The van der Waals surface area contributed by atoms with Gasteiger partial charge >= 0.3 is 11.9 Å². The molecule has 0 amide bonds. The maximum atomic E-state index is 13.9. The van der Waals surface area contributed by atoms with Crippen molar-refractivity contribution in [2.75, 3.05) is 11.4 Å². The lowest BCUT2D eigenvalue weighted by molar-refractivity contribution is -0.141. The van der Waals surface area contributed by atoms with Gasteiger partial charge in [-0.05, 0) is 72.9 Å². The van der Waals surface area contributed by atoms with E-state index in [1.54, 1.807) is 6.92 Å². The quantitative estimate of drug-likeness (QED) is 0.298. The van der Waals surface area contributed by atoms with Gasteiger partial charge in [-0.1, -0.05) is 56.4 Å². The number of hydrogen-bond donors (Lipinski definition) is 2. The highest BCUT2D eigenvalue weighted by Crippen LogP contribution is 2.23. The fourth-order valence-electron chi connectivity index (χ4n) is 3.84. The number of halogens is 1. The Hall–Kier alpha value is -4.11. The third kappa shape index (κ3) is 8.22. The van der Waals surface area contributed by atoms with Crippen LogP contribution in [0, 0.1) is 23.6 Å². The molecular formula is C31H32FNO4. The normalized spacial score (nSPS) is 11.3. The molecule has 0 aliphatic rings. The van der Waals surface area contributed by atoms with Crippen molar-refractivity contribution in [2.24, 2.45) is 5.92 Å². The summed E-state index contributed by atoms with van der Waals surface area (Å²) in [4.78, 5) is 24.6. The number of aromatic carboxylic acids is 1. The summed E-state index contributed by atoms with van der Waals surface area (Å²) in [6.45, 7) is 4.58. The van der Waals surface area contributed by atoms with Gasteiger partial charge in [0.15, 0.2) is 0 Å². The van der Waals surface area contributed by atoms with E-state index in [1.165, 1.54) is 30.5 Å². The van der Waals surface area contributed by atoms with Crippen molar-refractivity contribution >= 4 is 17.6 Å². The van der Waals surface area contributed by atoms with Crippen molar-refractivity contribution in [1.29, 1.82) is 0 Å². The van der Waals surface area contributed by atoms with Crippen LogP contribution < -0.4 is 4.90 Å². The second-order valence-corrected chi connectivity index (χ2v) is 9.17. The molecule has 1 unspecified atom stereocenters. The summed E-state index contributed by atoms with van der Waals surface area (Å²) in [5.41, 5.74) is 4.17. The van der Waals surface area contributed by atoms with E-state index in [1.807, 2.05) is 41.3 Å². The van der Waals surface area contributed by atoms with Crippen LogP contribution in [0.3, 0.4) is 0 Å². The Labute approximate surface area is 217 Å². The van der Waals surface area contributed by atoms with Gasteiger partial charge < -0.3 is 15.1 Å². The number of carbonyl (C=O) groups is 2. The number of nitrogens with zero attached hydrogens (tertiary/aromatic N) is 1. The molecule has 0 aromatic heterocycles. The molecular weight excluding hydrogens is 469 g/mol. The Morgan fingerprint density at radius 1 is 0.919 bits per heavy atom. The number of carboxylic acids is 2. The van der Waals surface area contributed by atoms with Gasteiger partial charge in [-0.3, -0.25) is 4.79 Å². The number of aliphatic carboxylic acids is 1. The molecule has 3 aromatic carbocycles. The average Bonchev–Trinajstić information content (AvgIpc) is 2.89. The van der Waals surface area contributed by atoms with Gasteiger partial charge in [0, 0.05) is 29.9 Å². The molecule has 6 heteroatoms. The fourth-order valence-corrected chi connectivity index (χ4v) is 3.84. The minimum atomic E-state index is -1.35. The van der Waals surface area contributed by atoms with Gasteiger partial charge in [-0.2, -0.15) is 0 Å². The van der Waals surface area contributed by atoms with Crippen LogP contribution in [0.4, 0.5) is 10.1 Å². The first-order chi connectivity index (χ1) is 17.8. The molecule has 0 saturated carbocycles. The zero-order chi connectivity index (χ0) is 26.8. The van der Waals surface area contributed by atoms with Crippen LogP contribution in [0.25, 0.3) is 0 Å². The predicted molar refractivity (Wildman–Crippen MR) is 143 cm³/mol. The summed E-state index contributed by atoms with van der Waals surface area (Å²) in [7, 11) is 0. The first-order valence-corrected chi connectivity index (χ1v) is 12.5. The molecule has 0 bridgehead atoms. The van der Waals surface area contributed by atoms with Crippen molar-refractivity contribution in [3.8, 4) is 11.8 Å². The highest BCUT2D eigenvalue weighted by molar-refractivity contribution is 5.89. The number of benzene rings is 3. The zero-order valence-corrected chi connectivity index (χ0v) is 21.2. The fraction of sp³-hybridized carbons (Fsp3) is 0.290. The van der Waals surface area contributed by atoms with Crippen molar-refractivity contribution in [1.82, 2.24) is 0 Å². The monoisotopic (exact) mass is 501 g/mol. The second kappa shape index (κ2) is 13.3. The van der Waals surface area contributed by atoms with E-state index in [0.29, 0.717) is 25.2 Å². The molecule has 5 nitrogen and oxygen atoms in total. The molecule has 192 valence electrons. The molecule has 0 spiro atoms. The molecule has 3 aromatic rings. The summed E-state index contributed by atoms with van der Waals surface area (Å²) in [6.07, 6.45) is 3.78. The molecule has 0 saturated heterocycles. The zero-order valence-electron chi connectivity index (χ0n) is 21.2. The molecule has 0 aliphatic carbocycles. The van der Waals surface area contributed by atoms with E-state index in [2.05, 4.69) is 30.9 Å². The molecule has 37 heavy (non-hydrogen) atoms. The van der Waals surface area contributed by atoms with Gasteiger partial charge in [0.2, 0.25) is 0 Å². The Morgan fingerprint density at radius 3 is 2.05 bits per heavy atom. The van der Waals surface area contributed by atoms with Gasteiger partial charge in [-0.15, -0.1) is 0 Å². The number of hydrogen-bond acceptors (Lipinski definition) is 3. The highest BCUT2D eigenvalue weighted by Gasteiger charge is 2.17. The Morgan fingerprint density at radius 2 is 1.51 bits per heavy atom. The van der Waals surface area contributed by atoms with Gasteiger partial charge in [-0.25, -0.2) is 9.18 Å². The Kier molecular flexibility index (Phi) is 9.85. The number of unbranched alkanes of at least 4 members (excludes halogenated alkanes) is 1. The Bertz CT molecular complexity index is 1270. The minimum Gasteiger partial charge on any atom is -0.481 e. The number of carboxylic acid groups (broad SMARTS) is 2. The molecule has 2 N–H and O–H groups in total. The van der Waals surface area contributed by atoms with Crippen LogP contribution in [-0.4, -0.2) is 28.7 Å². The van der Waals surface area contributed by atoms with Gasteiger partial charge in [0.05, 0.1) is 11.5 Å². The van der Waals surface area contributed by atoms with E-state index in [4.69, 9.17) is 0 Å². The Balaban J connectivity index is 1.75. The standard InChI is InChI=1S/C31H32FNO4/c1-3-4-5-23-6-8-24(9-7-23)10-11-25-12-14-26(15-13-25)21-33(19-18-22(2)30(34)35)27-16-17-29(32)28(20-27)31(36)37/h6-9,12-17,20,22H,3-5,18-19,21H2,1-2H3,(H,34,35)(H,36,37). The second-order valence-electron chi connectivity index (χ2n) is 9.17. The van der Waals surface area contributed by atoms with Gasteiger partial charge in [0.25, 0.3) is 0 Å². The molecule has 3 rings (SSSR count). The van der Waals surface area contributed by atoms with Crippen LogP contribution in [0.5, 0.6) is 0 Å². The van der Waals surface area contributed by atoms with E-state index >= 15 is 0 Å². The van der Waals surface area contributed by atoms with Crippen LogP contribution in [-0.2, 0) is 17.8 Å². The van der Waals surface area contributed by atoms with Crippen molar-refractivity contribution in [2.45, 2.75) is 46.1 Å². The largest absolute Gasteiger partial charge is 0.481 e. The SMILES string of the molecule is CCCCc1ccc(C#Cc2ccc(CN(CCC(C)C(=O)O)c3ccc(F)c(C(=O)O)c3)cc2)cc1. The maximum Gasteiger partial charge on any atom is 0.338 e. The average molecular weight is 502 g/mol. The van der Waals surface area contributed by atoms with Crippen molar-refractivity contribution in [3.05, 3.63) is 100 Å². The van der Waals surface area contributed by atoms with Crippen LogP contribution in [0.2, 0.25) is 0 Å². The molecule has 0 radical (unpaired) electrons. The third-order valence-corrected chi connectivity index (χ3v) is 6.25. The number of aryl methyl sites for hydroxylation is 1. The van der Waals surface area contributed by atoms with E-state index < -0.39 is 29.2 Å². The predicted octanol–water partition coefficient (Wildman–Crippen LogP) is 6.38. The lowest BCUT2D eigenvalue weighted by Crippen LogP contribution is -2.27. The summed E-state index contributed by atoms with van der Waals surface area (Å²) in [5, 5.41) is 18.6. The maximum absolute atomic E-state index is 13.9. The first-order valence-electron chi connectivity index (χ1n) is 12.5. The summed E-state index contributed by atoms with van der Waals surface area (Å²) in [6, 6.07) is 20.0. The molecule has 0 fully saturated rings. The third-order valence-electron chi connectivity index (χ3n) is 6.25. The number of anilines is 1. The van der Waals surface area contributed by atoms with Gasteiger partial charge in [0.1, 0.15) is 5.82 Å². The topological polar surface area (TPSA) is 77.8 Å². The lowest BCUT2D eigenvalue weighted by Gasteiger charge is -2.26. The van der Waals surface area contributed by atoms with Crippen molar-refractivity contribution < 1.29 is 24.2 Å². The van der Waals surface area contributed by atoms with Crippen LogP contribution in [0.15, 0.2) is 66.7 Å². The summed E-state index contributed by atoms with van der Waals surface area (Å²) < 4.78 is 13.9. The summed E-state index contributed by atoms with van der Waals surface area (Å²) in [5.74, 6) is 2.74. The van der Waals surface area contributed by atoms with E-state index in [-0.39, 0.29) is 0 Å². The highest BCUT2D eigenvalue weighted by atomic mass is 19.1. The smallest absolute Gasteiger partial charge is 0.338 e.